The molecule has 0 heterocycles. The molecule has 3 nitrogen and oxygen atoms in total. The Kier molecular flexibility index (Phi) is 7.77. The van der Waals surface area contributed by atoms with E-state index >= 15 is 0 Å². The molecular formula is C11H22B2N2O. The predicted molar refractivity (Wildman–Crippen MR) is 69.4 cm³/mol. The van der Waals surface area contributed by atoms with Crippen molar-refractivity contribution in [2.45, 2.75) is 51.5 Å². The number of rotatable bonds is 9. The highest BCUT2D eigenvalue weighted by molar-refractivity contribution is 6.58. The van der Waals surface area contributed by atoms with Crippen LogP contribution in [-0.2, 0) is 4.79 Å². The van der Waals surface area contributed by atoms with Gasteiger partial charge in [0.25, 0.3) is 0 Å². The number of unbranched alkanes of at least 4 members (excludes halogenated alkanes) is 1. The molecule has 0 aromatic rings. The van der Waals surface area contributed by atoms with E-state index in [0.717, 1.165) is 38.6 Å². The summed E-state index contributed by atoms with van der Waals surface area (Å²) in [6.45, 7) is 4.70. The smallest absolute Gasteiger partial charge is 0.177 e. The van der Waals surface area contributed by atoms with Gasteiger partial charge < -0.3 is 15.8 Å². The van der Waals surface area contributed by atoms with E-state index in [1.165, 1.54) is 0 Å². The topological polar surface area (TPSA) is 55.1 Å². The van der Waals surface area contributed by atoms with Crippen LogP contribution >= 0.6 is 0 Å². The summed E-state index contributed by atoms with van der Waals surface area (Å²) < 4.78 is 0. The molecule has 3 N–H and O–H groups in total. The van der Waals surface area contributed by atoms with Crippen molar-refractivity contribution in [2.75, 3.05) is 6.54 Å². The second-order valence-corrected chi connectivity index (χ2v) is 5.08. The number of carbonyl (C=O) groups excluding carboxylic acids is 1. The van der Waals surface area contributed by atoms with Gasteiger partial charge in [-0.3, -0.25) is 0 Å². The van der Waals surface area contributed by atoms with Crippen molar-refractivity contribution in [1.82, 2.24) is 5.23 Å². The first-order valence-corrected chi connectivity index (χ1v) is 5.88. The summed E-state index contributed by atoms with van der Waals surface area (Å²) in [6.07, 6.45) is 4.34. The lowest BCUT2D eigenvalue weighted by Gasteiger charge is -2.22. The number of nitrogens with one attached hydrogen (secondary N) is 1. The van der Waals surface area contributed by atoms with Crippen LogP contribution in [0.5, 0.6) is 0 Å². The first-order chi connectivity index (χ1) is 7.37. The fourth-order valence-corrected chi connectivity index (χ4v) is 1.59. The molecule has 0 bridgehead atoms. The van der Waals surface area contributed by atoms with Gasteiger partial charge >= 0.3 is 0 Å². The second-order valence-electron chi connectivity index (χ2n) is 5.08. The zero-order valence-electron chi connectivity index (χ0n) is 10.5. The van der Waals surface area contributed by atoms with E-state index in [1.54, 1.807) is 0 Å². The largest absolute Gasteiger partial charge is 0.366 e. The molecule has 0 fully saturated rings. The van der Waals surface area contributed by atoms with Gasteiger partial charge in [0.2, 0.25) is 0 Å². The van der Waals surface area contributed by atoms with Crippen LogP contribution in [0.4, 0.5) is 0 Å². The van der Waals surface area contributed by atoms with E-state index in [2.05, 4.69) is 5.23 Å². The van der Waals surface area contributed by atoms with E-state index in [0.29, 0.717) is 0 Å². The van der Waals surface area contributed by atoms with Crippen molar-refractivity contribution in [2.24, 2.45) is 11.7 Å². The molecule has 5 heteroatoms. The van der Waals surface area contributed by atoms with Gasteiger partial charge in [-0.2, -0.15) is 0 Å². The molecule has 88 valence electrons. The van der Waals surface area contributed by atoms with Crippen molar-refractivity contribution >= 4 is 21.5 Å². The summed E-state index contributed by atoms with van der Waals surface area (Å²) in [5.41, 5.74) is 5.43. The van der Waals surface area contributed by atoms with Crippen LogP contribution in [-0.4, -0.2) is 33.6 Å². The quantitative estimate of drug-likeness (QED) is 0.443. The zero-order valence-corrected chi connectivity index (χ0v) is 10.5. The lowest BCUT2D eigenvalue weighted by Crippen LogP contribution is -2.33. The molecule has 0 unspecified atom stereocenters. The Morgan fingerprint density at radius 3 is 2.44 bits per heavy atom. The highest BCUT2D eigenvalue weighted by Gasteiger charge is 2.18. The van der Waals surface area contributed by atoms with Gasteiger partial charge in [-0.15, -0.1) is 0 Å². The molecule has 0 rings (SSSR count). The Hall–Kier alpha value is -0.280. The van der Waals surface area contributed by atoms with Crippen LogP contribution in [0.15, 0.2) is 0 Å². The Balaban J connectivity index is 3.85. The summed E-state index contributed by atoms with van der Waals surface area (Å²) in [4.78, 5) is 11.2. The van der Waals surface area contributed by atoms with E-state index < -0.39 is 0 Å². The standard InChI is InChI=1S/C11H22B2N2O/c1-11(2,14)7-6-9(10(12)16)5-3-4-8-15-13/h9,15H,3-8,14H2,1-2H3/t9-/m1/s1. The molecule has 0 aliphatic heterocycles. The number of nitrogens with two attached hydrogens (primary N) is 1. The maximum Gasteiger partial charge on any atom is 0.177 e. The van der Waals surface area contributed by atoms with Gasteiger partial charge in [0.05, 0.1) is 5.68 Å². The van der Waals surface area contributed by atoms with E-state index in [4.69, 9.17) is 21.6 Å². The molecule has 0 aromatic heterocycles. The SMILES string of the molecule is [B]NCCCC[C@H](CCC(C)(C)N)C([B])=O. The minimum absolute atomic E-state index is 0.0550. The first-order valence-electron chi connectivity index (χ1n) is 5.88. The van der Waals surface area contributed by atoms with E-state index in [9.17, 15) is 4.79 Å². The van der Waals surface area contributed by atoms with Gasteiger partial charge in [0, 0.05) is 11.5 Å². The second kappa shape index (κ2) is 7.91. The first kappa shape index (κ1) is 15.7. The minimum Gasteiger partial charge on any atom is -0.366 e. The maximum absolute atomic E-state index is 11.2. The number of carbonyl (C=O) groups is 1. The third-order valence-electron chi connectivity index (χ3n) is 2.66. The van der Waals surface area contributed by atoms with E-state index in [-0.39, 0.29) is 17.1 Å². The van der Waals surface area contributed by atoms with E-state index in [1.807, 2.05) is 13.8 Å². The summed E-state index contributed by atoms with van der Waals surface area (Å²) in [6, 6.07) is 0. The zero-order chi connectivity index (χ0) is 12.6. The summed E-state index contributed by atoms with van der Waals surface area (Å²) in [5, 5.41) is 2.59. The summed E-state index contributed by atoms with van der Waals surface area (Å²) >= 11 is 0. The van der Waals surface area contributed by atoms with Crippen LogP contribution in [0.3, 0.4) is 0 Å². The van der Waals surface area contributed by atoms with Crippen LogP contribution in [0.1, 0.15) is 46.0 Å². The molecule has 0 saturated heterocycles. The monoisotopic (exact) mass is 220 g/mol. The van der Waals surface area contributed by atoms with Gasteiger partial charge in [-0.1, -0.05) is 6.42 Å². The molecule has 0 amide bonds. The third kappa shape index (κ3) is 8.98. The molecular weight excluding hydrogens is 198 g/mol. The van der Waals surface area contributed by atoms with Crippen molar-refractivity contribution < 1.29 is 4.79 Å². The third-order valence-corrected chi connectivity index (χ3v) is 2.66. The molecule has 4 radical (unpaired) electrons. The minimum atomic E-state index is -0.230. The predicted octanol–water partition coefficient (Wildman–Crippen LogP) is 0.659. The fraction of sp³-hybridized carbons (Fsp3) is 0.909. The highest BCUT2D eigenvalue weighted by atomic mass is 16.1. The average molecular weight is 220 g/mol. The van der Waals surface area contributed by atoms with Gasteiger partial charge in [-0.05, 0) is 46.1 Å². The Morgan fingerprint density at radius 2 is 2.00 bits per heavy atom. The molecule has 0 aromatic carbocycles. The van der Waals surface area contributed by atoms with Crippen LogP contribution in [0.2, 0.25) is 0 Å². The molecule has 0 aliphatic rings. The van der Waals surface area contributed by atoms with Crippen molar-refractivity contribution in [1.29, 1.82) is 0 Å². The van der Waals surface area contributed by atoms with Crippen molar-refractivity contribution in [3.8, 4) is 0 Å². The Bertz CT molecular complexity index is 205. The van der Waals surface area contributed by atoms with Gasteiger partial charge in [0.15, 0.2) is 15.8 Å². The number of hydrogen-bond donors (Lipinski definition) is 2. The van der Waals surface area contributed by atoms with Gasteiger partial charge in [-0.25, -0.2) is 0 Å². The van der Waals surface area contributed by atoms with Crippen molar-refractivity contribution in [3.05, 3.63) is 0 Å². The van der Waals surface area contributed by atoms with Crippen molar-refractivity contribution in [3.63, 3.8) is 0 Å². The normalized spacial score (nSPS) is 13.7. The lowest BCUT2D eigenvalue weighted by atomic mass is 9.80. The maximum atomic E-state index is 11.2. The molecule has 0 spiro atoms. The molecule has 0 saturated carbocycles. The molecule has 1 atom stereocenters. The van der Waals surface area contributed by atoms with Crippen LogP contribution < -0.4 is 11.0 Å². The summed E-state index contributed by atoms with van der Waals surface area (Å²) in [5.74, 6) is -0.0550. The molecule has 16 heavy (non-hydrogen) atoms. The highest BCUT2D eigenvalue weighted by Crippen LogP contribution is 2.19. The van der Waals surface area contributed by atoms with Gasteiger partial charge in [0.1, 0.15) is 0 Å². The fourth-order valence-electron chi connectivity index (χ4n) is 1.59. The molecule has 0 aliphatic carbocycles. The summed E-state index contributed by atoms with van der Waals surface area (Å²) in [7, 11) is 10.5. The lowest BCUT2D eigenvalue weighted by molar-refractivity contribution is -0.115. The Morgan fingerprint density at radius 1 is 1.38 bits per heavy atom. The Labute approximate surface area is 102 Å². The van der Waals surface area contributed by atoms with Crippen LogP contribution in [0.25, 0.3) is 0 Å². The van der Waals surface area contributed by atoms with Crippen LogP contribution in [0, 0.1) is 5.92 Å². The number of hydrogen-bond acceptors (Lipinski definition) is 3. The average Bonchev–Trinajstić information content (AvgIpc) is 2.14.